The molecular formula is C44H35Cl3F4N4O6S2. The van der Waals surface area contributed by atoms with Crippen molar-refractivity contribution in [1.29, 1.82) is 0 Å². The molecule has 0 fully saturated rings. The molecule has 0 unspecified atom stereocenters. The van der Waals surface area contributed by atoms with Crippen LogP contribution in [0.3, 0.4) is 0 Å². The Balaban J connectivity index is 0.000000178. The normalized spacial score (nSPS) is 15.2. The molecule has 2 aliphatic rings. The van der Waals surface area contributed by atoms with Crippen molar-refractivity contribution in [3.05, 3.63) is 188 Å². The molecule has 6 aromatic carbocycles. The van der Waals surface area contributed by atoms with Crippen molar-refractivity contribution >= 4 is 76.1 Å². The molecule has 5 N–H and O–H groups in total. The largest absolute Gasteiger partial charge is 0.324 e. The number of sulfonamides is 1. The van der Waals surface area contributed by atoms with Crippen LogP contribution >= 0.6 is 33.9 Å². The first kappa shape index (κ1) is 47.2. The SMILES string of the molecule is N[C@H]1CCc2c(C(=O)Nc3ccc(F)c(Cl)c3)ccc(F)c21.O=C(Nc1ccc(F)c(Cl)c1)c1ccc(F)c2c1CC[C@@H]2NS(=O)(=O)c1ccccc1.O=S(=O)(Cl)c1ccccc1. The molecule has 0 heterocycles. The summed E-state index contributed by atoms with van der Waals surface area (Å²) in [6.45, 7) is 0. The predicted octanol–water partition coefficient (Wildman–Crippen LogP) is 10.3. The van der Waals surface area contributed by atoms with Gasteiger partial charge in [0.15, 0.2) is 0 Å². The molecule has 8 rings (SSSR count). The van der Waals surface area contributed by atoms with E-state index in [2.05, 4.69) is 15.4 Å². The fourth-order valence-corrected chi connectivity index (χ4v) is 9.41. The van der Waals surface area contributed by atoms with E-state index < -0.39 is 54.4 Å². The second-order valence-corrected chi connectivity index (χ2v) is 19.2. The van der Waals surface area contributed by atoms with E-state index in [9.17, 15) is 44.0 Å². The maximum Gasteiger partial charge on any atom is 0.261 e. The first-order chi connectivity index (χ1) is 29.8. The Bertz CT molecular complexity index is 2920. The zero-order chi connectivity index (χ0) is 45.6. The average Bonchev–Trinajstić information content (AvgIpc) is 3.86. The fraction of sp³-hybridized carbons (Fsp3) is 0.136. The van der Waals surface area contributed by atoms with Crippen molar-refractivity contribution in [2.24, 2.45) is 5.73 Å². The van der Waals surface area contributed by atoms with E-state index in [0.29, 0.717) is 53.6 Å². The standard InChI is InChI=1S/C22H17ClF2N2O3S.C16H13ClF2N2O.C6H5ClO2S/c23-17-12-13(6-9-18(17)24)26-22(28)16-7-10-19(25)21-15(16)8-11-20(21)27-31(29,30)14-4-2-1-3-5-14;17-11-7-8(1-4-12(11)18)21-16(22)10-2-5-13(19)15-9(10)3-6-14(15)20;7-10(8,9)6-4-2-1-3-5-6/h1-7,9-10,12,20,27H,8,11H2,(H,26,28);1-2,4-5,7,14H,3,6,20H2,(H,21,22);1-5H/t20-;14-;/m00./s1. The fourth-order valence-electron chi connectivity index (χ4n) is 6.99. The number of carbonyl (C=O) groups excluding carboxylic acids is 2. The quantitative estimate of drug-likeness (QED) is 0.0871. The number of benzene rings is 6. The highest BCUT2D eigenvalue weighted by molar-refractivity contribution is 8.13. The minimum Gasteiger partial charge on any atom is -0.324 e. The smallest absolute Gasteiger partial charge is 0.261 e. The summed E-state index contributed by atoms with van der Waals surface area (Å²) in [7, 11) is -2.36. The number of halogens is 7. The zero-order valence-electron chi connectivity index (χ0n) is 32.5. The van der Waals surface area contributed by atoms with Gasteiger partial charge in [-0.2, -0.15) is 0 Å². The van der Waals surface area contributed by atoms with E-state index >= 15 is 0 Å². The van der Waals surface area contributed by atoms with Gasteiger partial charge in [-0.25, -0.2) is 39.1 Å². The predicted molar refractivity (Wildman–Crippen MR) is 234 cm³/mol. The van der Waals surface area contributed by atoms with Crippen molar-refractivity contribution in [2.75, 3.05) is 10.6 Å². The molecule has 0 aromatic heterocycles. The summed E-state index contributed by atoms with van der Waals surface area (Å²) in [5.74, 6) is -3.07. The van der Waals surface area contributed by atoms with Crippen molar-refractivity contribution in [1.82, 2.24) is 4.72 Å². The van der Waals surface area contributed by atoms with Gasteiger partial charge in [0.25, 0.3) is 20.9 Å². The Morgan fingerprint density at radius 1 is 0.571 bits per heavy atom. The Labute approximate surface area is 374 Å². The molecule has 0 radical (unpaired) electrons. The number of anilines is 2. The Hall–Kier alpha value is -5.33. The molecule has 6 aromatic rings. The first-order valence-electron chi connectivity index (χ1n) is 18.8. The van der Waals surface area contributed by atoms with E-state index in [1.54, 1.807) is 36.4 Å². The van der Waals surface area contributed by atoms with Crippen LogP contribution in [0.1, 0.15) is 67.9 Å². The van der Waals surface area contributed by atoms with Gasteiger partial charge in [-0.3, -0.25) is 9.59 Å². The van der Waals surface area contributed by atoms with Gasteiger partial charge < -0.3 is 16.4 Å². The molecule has 2 atom stereocenters. The molecule has 19 heteroatoms. The highest BCUT2D eigenvalue weighted by Crippen LogP contribution is 2.37. The lowest BCUT2D eigenvalue weighted by Gasteiger charge is -2.16. The van der Waals surface area contributed by atoms with Crippen LogP contribution in [0.5, 0.6) is 0 Å². The molecule has 0 bridgehead atoms. The second-order valence-electron chi connectivity index (χ2n) is 14.1. The first-order valence-corrected chi connectivity index (χ1v) is 23.4. The summed E-state index contributed by atoms with van der Waals surface area (Å²) >= 11 is 11.4. The summed E-state index contributed by atoms with van der Waals surface area (Å²) in [6, 6.07) is 27.3. The van der Waals surface area contributed by atoms with Gasteiger partial charge in [-0.15, -0.1) is 0 Å². The lowest BCUT2D eigenvalue weighted by atomic mass is 10.0. The maximum absolute atomic E-state index is 14.7. The number of hydrogen-bond donors (Lipinski definition) is 4. The van der Waals surface area contributed by atoms with Crippen LogP contribution in [-0.2, 0) is 31.9 Å². The highest BCUT2D eigenvalue weighted by Gasteiger charge is 2.33. The van der Waals surface area contributed by atoms with Crippen molar-refractivity contribution in [2.45, 2.75) is 47.6 Å². The van der Waals surface area contributed by atoms with Gasteiger partial charge in [0.05, 0.1) is 25.9 Å². The summed E-state index contributed by atoms with van der Waals surface area (Å²) in [6.07, 6.45) is 1.80. The molecule has 0 saturated heterocycles. The van der Waals surface area contributed by atoms with Gasteiger partial charge in [-0.1, -0.05) is 59.6 Å². The monoisotopic (exact) mass is 960 g/mol. The molecule has 0 aliphatic heterocycles. The van der Waals surface area contributed by atoms with E-state index in [4.69, 9.17) is 39.6 Å². The molecular weight excluding hydrogens is 927 g/mol. The van der Waals surface area contributed by atoms with Crippen LogP contribution < -0.4 is 21.1 Å². The zero-order valence-corrected chi connectivity index (χ0v) is 36.4. The molecule has 10 nitrogen and oxygen atoms in total. The number of amides is 2. The molecule has 0 spiro atoms. The third-order valence-corrected chi connectivity index (χ3v) is 13.4. The Kier molecular flexibility index (Phi) is 15.0. The number of nitrogens with two attached hydrogens (primary N) is 1. The van der Waals surface area contributed by atoms with Crippen LogP contribution in [0.4, 0.5) is 28.9 Å². The minimum absolute atomic E-state index is 0.0749. The lowest BCUT2D eigenvalue weighted by Crippen LogP contribution is -2.28. The van der Waals surface area contributed by atoms with Crippen LogP contribution in [0, 0.1) is 23.3 Å². The minimum atomic E-state index is -3.86. The molecule has 63 heavy (non-hydrogen) atoms. The number of hydrogen-bond acceptors (Lipinski definition) is 7. The lowest BCUT2D eigenvalue weighted by molar-refractivity contribution is 0.101. The van der Waals surface area contributed by atoms with E-state index in [0.717, 1.165) is 12.1 Å². The highest BCUT2D eigenvalue weighted by atomic mass is 35.7. The maximum atomic E-state index is 14.7. The summed E-state index contributed by atoms with van der Waals surface area (Å²) in [5.41, 5.74) is 8.77. The van der Waals surface area contributed by atoms with Crippen molar-refractivity contribution in [3.63, 3.8) is 0 Å². The number of nitrogens with one attached hydrogen (secondary N) is 3. The third-order valence-electron chi connectivity index (χ3n) is 9.94. The van der Waals surface area contributed by atoms with Gasteiger partial charge in [-0.05, 0) is 122 Å². The van der Waals surface area contributed by atoms with Crippen LogP contribution in [0.25, 0.3) is 0 Å². The van der Waals surface area contributed by atoms with E-state index in [1.165, 1.54) is 72.8 Å². The number of carbonyl (C=O) groups is 2. The van der Waals surface area contributed by atoms with Crippen LogP contribution in [0.15, 0.2) is 131 Å². The van der Waals surface area contributed by atoms with Gasteiger partial charge in [0.1, 0.15) is 23.3 Å². The molecule has 0 saturated carbocycles. The average molecular weight is 962 g/mol. The van der Waals surface area contributed by atoms with Crippen LogP contribution in [0.2, 0.25) is 10.0 Å². The second kappa shape index (κ2) is 20.0. The van der Waals surface area contributed by atoms with Gasteiger partial charge in [0.2, 0.25) is 10.0 Å². The number of rotatable bonds is 8. The van der Waals surface area contributed by atoms with Crippen molar-refractivity contribution in [3.8, 4) is 0 Å². The van der Waals surface area contributed by atoms with Crippen molar-refractivity contribution < 1.29 is 44.0 Å². The summed E-state index contributed by atoms with van der Waals surface area (Å²) < 4.78 is 104. The third kappa shape index (κ3) is 11.4. The number of fused-ring (bicyclic) bond motifs is 2. The summed E-state index contributed by atoms with van der Waals surface area (Å²) in [4.78, 5) is 25.4. The van der Waals surface area contributed by atoms with Crippen LogP contribution in [-0.4, -0.2) is 28.6 Å². The Morgan fingerprint density at radius 2 is 1.00 bits per heavy atom. The molecule has 328 valence electrons. The van der Waals surface area contributed by atoms with Gasteiger partial charge >= 0.3 is 0 Å². The molecule has 2 aliphatic carbocycles. The topological polar surface area (TPSA) is 165 Å². The summed E-state index contributed by atoms with van der Waals surface area (Å²) in [5, 5.41) is 5.03. The molecule has 2 amide bonds. The van der Waals surface area contributed by atoms with Gasteiger partial charge in [0, 0.05) is 50.4 Å². The van der Waals surface area contributed by atoms with E-state index in [-0.39, 0.29) is 48.5 Å². The van der Waals surface area contributed by atoms with E-state index in [1.807, 2.05) is 0 Å². The Morgan fingerprint density at radius 3 is 1.46 bits per heavy atom.